The highest BCUT2D eigenvalue weighted by atomic mass is 16.6. The normalized spacial score (nSPS) is 20.1. The van der Waals surface area contributed by atoms with E-state index in [1.54, 1.807) is 40.6 Å². The highest BCUT2D eigenvalue weighted by Crippen LogP contribution is 2.48. The Balaban J connectivity index is 1.83. The molecule has 2 aliphatic heterocycles. The zero-order valence-corrected chi connectivity index (χ0v) is 16.3. The van der Waals surface area contributed by atoms with Crippen molar-refractivity contribution < 1.29 is 28.5 Å². The molecule has 0 spiro atoms. The second kappa shape index (κ2) is 7.24. The molecular weight excluding hydrogens is 362 g/mol. The van der Waals surface area contributed by atoms with E-state index in [0.29, 0.717) is 28.6 Å². The maximum Gasteiger partial charge on any atom is 0.339 e. The SMILES string of the molecule is COc1cc(OC)c2c(c1)C(=O)OC2C1NCCc2cc(OC)c(OC)cc21. The minimum Gasteiger partial charge on any atom is -0.497 e. The van der Waals surface area contributed by atoms with Crippen molar-refractivity contribution in [2.45, 2.75) is 18.6 Å². The summed E-state index contributed by atoms with van der Waals surface area (Å²) in [6, 6.07) is 7.18. The summed E-state index contributed by atoms with van der Waals surface area (Å²) in [6.45, 7) is 0.759. The summed E-state index contributed by atoms with van der Waals surface area (Å²) in [7, 11) is 6.36. The predicted molar refractivity (Wildman–Crippen MR) is 102 cm³/mol. The third-order valence-corrected chi connectivity index (χ3v) is 5.35. The molecule has 0 radical (unpaired) electrons. The van der Waals surface area contributed by atoms with E-state index >= 15 is 0 Å². The maximum absolute atomic E-state index is 12.6. The molecule has 0 aliphatic carbocycles. The van der Waals surface area contributed by atoms with Gasteiger partial charge in [-0.2, -0.15) is 0 Å². The Labute approximate surface area is 163 Å². The Morgan fingerprint density at radius 3 is 2.32 bits per heavy atom. The fourth-order valence-corrected chi connectivity index (χ4v) is 4.01. The van der Waals surface area contributed by atoms with Crippen molar-refractivity contribution in [1.82, 2.24) is 5.32 Å². The molecule has 7 nitrogen and oxygen atoms in total. The molecule has 0 saturated heterocycles. The molecule has 0 saturated carbocycles. The number of esters is 1. The average Bonchev–Trinajstić information content (AvgIpc) is 3.07. The van der Waals surface area contributed by atoms with E-state index in [-0.39, 0.29) is 12.0 Å². The van der Waals surface area contributed by atoms with Gasteiger partial charge in [0.15, 0.2) is 17.6 Å². The summed E-state index contributed by atoms with van der Waals surface area (Å²) in [4.78, 5) is 12.6. The van der Waals surface area contributed by atoms with E-state index in [9.17, 15) is 4.79 Å². The molecule has 4 rings (SSSR count). The highest BCUT2D eigenvalue weighted by molar-refractivity contribution is 5.95. The van der Waals surface area contributed by atoms with Crippen LogP contribution >= 0.6 is 0 Å². The summed E-state index contributed by atoms with van der Waals surface area (Å²) >= 11 is 0. The van der Waals surface area contributed by atoms with E-state index in [2.05, 4.69) is 5.32 Å². The van der Waals surface area contributed by atoms with Crippen LogP contribution in [0.5, 0.6) is 23.0 Å². The number of rotatable bonds is 5. The molecule has 2 atom stereocenters. The molecule has 2 aromatic carbocycles. The van der Waals surface area contributed by atoms with Crippen molar-refractivity contribution in [2.24, 2.45) is 0 Å². The van der Waals surface area contributed by atoms with Crippen molar-refractivity contribution in [1.29, 1.82) is 0 Å². The number of cyclic esters (lactones) is 1. The van der Waals surface area contributed by atoms with Gasteiger partial charge in [-0.15, -0.1) is 0 Å². The van der Waals surface area contributed by atoms with Crippen LogP contribution in [0.15, 0.2) is 24.3 Å². The van der Waals surface area contributed by atoms with Crippen LogP contribution in [0.25, 0.3) is 0 Å². The summed E-state index contributed by atoms with van der Waals surface area (Å²) in [5.74, 6) is 2.07. The Hall–Kier alpha value is -2.93. The van der Waals surface area contributed by atoms with Crippen LogP contribution in [0.4, 0.5) is 0 Å². The van der Waals surface area contributed by atoms with Crippen LogP contribution < -0.4 is 24.3 Å². The van der Waals surface area contributed by atoms with E-state index in [1.807, 2.05) is 12.1 Å². The van der Waals surface area contributed by atoms with Gasteiger partial charge in [0.05, 0.1) is 45.6 Å². The van der Waals surface area contributed by atoms with Crippen LogP contribution in [-0.4, -0.2) is 41.0 Å². The molecule has 0 aromatic heterocycles. The first-order valence-corrected chi connectivity index (χ1v) is 9.06. The fourth-order valence-electron chi connectivity index (χ4n) is 4.01. The van der Waals surface area contributed by atoms with Gasteiger partial charge in [0.2, 0.25) is 0 Å². The number of ether oxygens (including phenoxy) is 5. The zero-order chi connectivity index (χ0) is 19.8. The summed E-state index contributed by atoms with van der Waals surface area (Å²) in [5.41, 5.74) is 3.36. The molecule has 2 aliphatic rings. The number of methoxy groups -OCH3 is 4. The molecule has 0 fully saturated rings. The monoisotopic (exact) mass is 385 g/mol. The maximum atomic E-state index is 12.6. The lowest BCUT2D eigenvalue weighted by Crippen LogP contribution is -2.34. The predicted octanol–water partition coefficient (Wildman–Crippen LogP) is 2.82. The lowest BCUT2D eigenvalue weighted by atomic mass is 9.87. The molecule has 2 heterocycles. The average molecular weight is 385 g/mol. The number of carbonyl (C=O) groups excluding carboxylic acids is 1. The van der Waals surface area contributed by atoms with Crippen LogP contribution in [0.3, 0.4) is 0 Å². The number of carbonyl (C=O) groups is 1. The van der Waals surface area contributed by atoms with Gasteiger partial charge in [-0.05, 0) is 42.3 Å². The Bertz CT molecular complexity index is 926. The minimum atomic E-state index is -0.513. The van der Waals surface area contributed by atoms with Gasteiger partial charge in [-0.25, -0.2) is 4.79 Å². The second-order valence-electron chi connectivity index (χ2n) is 6.70. The first-order chi connectivity index (χ1) is 13.6. The Kier molecular flexibility index (Phi) is 4.77. The van der Waals surface area contributed by atoms with Crippen LogP contribution in [0.2, 0.25) is 0 Å². The minimum absolute atomic E-state index is 0.226. The molecule has 148 valence electrons. The van der Waals surface area contributed by atoms with E-state index in [4.69, 9.17) is 23.7 Å². The molecule has 7 heteroatoms. The summed E-state index contributed by atoms with van der Waals surface area (Å²) in [6.07, 6.45) is 0.333. The van der Waals surface area contributed by atoms with Crippen LogP contribution in [-0.2, 0) is 11.2 Å². The smallest absolute Gasteiger partial charge is 0.339 e. The van der Waals surface area contributed by atoms with E-state index in [1.165, 1.54) is 0 Å². The fraction of sp³-hybridized carbons (Fsp3) is 0.381. The van der Waals surface area contributed by atoms with Gasteiger partial charge in [-0.1, -0.05) is 0 Å². The van der Waals surface area contributed by atoms with Crippen molar-refractivity contribution in [3.05, 3.63) is 46.5 Å². The zero-order valence-electron chi connectivity index (χ0n) is 16.3. The molecule has 0 amide bonds. The number of hydrogen-bond donors (Lipinski definition) is 1. The standard InChI is InChI=1S/C21H23NO6/c1-24-12-8-14-18(17(9-12)27-4)20(28-21(14)23)19-13-10-16(26-3)15(25-2)7-11(13)5-6-22-19/h7-10,19-20,22H,5-6H2,1-4H3. The Morgan fingerprint density at radius 2 is 1.64 bits per heavy atom. The molecule has 0 bridgehead atoms. The van der Waals surface area contributed by atoms with Gasteiger partial charge < -0.3 is 29.0 Å². The molecule has 2 aromatic rings. The van der Waals surface area contributed by atoms with Gasteiger partial charge in [0.25, 0.3) is 0 Å². The third kappa shape index (κ3) is 2.82. The van der Waals surface area contributed by atoms with Crippen molar-refractivity contribution in [3.8, 4) is 23.0 Å². The van der Waals surface area contributed by atoms with Crippen LogP contribution in [0.1, 0.15) is 39.2 Å². The first kappa shape index (κ1) is 18.4. The van der Waals surface area contributed by atoms with Crippen LogP contribution in [0, 0.1) is 0 Å². The third-order valence-electron chi connectivity index (χ3n) is 5.35. The number of fused-ring (bicyclic) bond motifs is 2. The second-order valence-corrected chi connectivity index (χ2v) is 6.70. The molecule has 28 heavy (non-hydrogen) atoms. The number of hydrogen-bond acceptors (Lipinski definition) is 7. The first-order valence-electron chi connectivity index (χ1n) is 9.06. The largest absolute Gasteiger partial charge is 0.497 e. The molecule has 1 N–H and O–H groups in total. The molecule has 2 unspecified atom stereocenters. The lowest BCUT2D eigenvalue weighted by Gasteiger charge is -2.32. The van der Waals surface area contributed by atoms with Gasteiger partial charge in [0, 0.05) is 6.07 Å². The van der Waals surface area contributed by atoms with Gasteiger partial charge in [-0.3, -0.25) is 0 Å². The summed E-state index contributed by atoms with van der Waals surface area (Å²) < 4.78 is 27.5. The van der Waals surface area contributed by atoms with Crippen molar-refractivity contribution in [3.63, 3.8) is 0 Å². The molecular formula is C21H23NO6. The van der Waals surface area contributed by atoms with Gasteiger partial charge >= 0.3 is 5.97 Å². The summed E-state index contributed by atoms with van der Waals surface area (Å²) in [5, 5.41) is 3.49. The lowest BCUT2D eigenvalue weighted by molar-refractivity contribution is 0.0282. The van der Waals surface area contributed by atoms with E-state index < -0.39 is 6.10 Å². The van der Waals surface area contributed by atoms with Gasteiger partial charge in [0.1, 0.15) is 11.5 Å². The highest BCUT2D eigenvalue weighted by Gasteiger charge is 2.42. The van der Waals surface area contributed by atoms with Crippen molar-refractivity contribution >= 4 is 5.97 Å². The topological polar surface area (TPSA) is 75.3 Å². The van der Waals surface area contributed by atoms with E-state index in [0.717, 1.165) is 29.7 Å². The van der Waals surface area contributed by atoms with Crippen molar-refractivity contribution in [2.75, 3.05) is 35.0 Å². The number of nitrogens with one attached hydrogen (secondary N) is 1. The number of benzene rings is 2. The quantitative estimate of drug-likeness (QED) is 0.793. The Morgan fingerprint density at radius 1 is 0.929 bits per heavy atom.